The van der Waals surface area contributed by atoms with Gasteiger partial charge in [0.2, 0.25) is 0 Å². The van der Waals surface area contributed by atoms with E-state index < -0.39 is 0 Å². The Balaban J connectivity index is 1.55. The SMILES string of the molecule is Cn1cccc1C1COCCN1Cc1ccn(-c2ccccc2F)n1. The lowest BCUT2D eigenvalue weighted by molar-refractivity contribution is -0.0157. The summed E-state index contributed by atoms with van der Waals surface area (Å²) in [5.41, 5.74) is 2.62. The quantitative estimate of drug-likeness (QED) is 0.732. The van der Waals surface area contributed by atoms with Crippen molar-refractivity contribution in [1.82, 2.24) is 19.2 Å². The molecule has 0 saturated carbocycles. The van der Waals surface area contributed by atoms with Gasteiger partial charge in [-0.15, -0.1) is 0 Å². The smallest absolute Gasteiger partial charge is 0.148 e. The van der Waals surface area contributed by atoms with E-state index in [9.17, 15) is 4.39 Å². The fraction of sp³-hybridized carbons (Fsp3) is 0.316. The molecule has 0 N–H and O–H groups in total. The highest BCUT2D eigenvalue weighted by molar-refractivity contribution is 5.32. The van der Waals surface area contributed by atoms with E-state index >= 15 is 0 Å². The average molecular weight is 340 g/mol. The van der Waals surface area contributed by atoms with E-state index in [1.807, 2.05) is 18.3 Å². The Kier molecular flexibility index (Phi) is 4.38. The number of hydrogen-bond donors (Lipinski definition) is 0. The van der Waals surface area contributed by atoms with Crippen molar-refractivity contribution in [3.63, 3.8) is 0 Å². The Morgan fingerprint density at radius 1 is 1.16 bits per heavy atom. The fourth-order valence-electron chi connectivity index (χ4n) is 3.35. The molecule has 4 rings (SSSR count). The molecule has 1 aromatic carbocycles. The maximum atomic E-state index is 13.9. The van der Waals surface area contributed by atoms with Crippen LogP contribution in [0, 0.1) is 5.82 Å². The second-order valence-electron chi connectivity index (χ2n) is 6.31. The van der Waals surface area contributed by atoms with E-state index in [0.29, 0.717) is 18.8 Å². The Labute approximate surface area is 146 Å². The highest BCUT2D eigenvalue weighted by Gasteiger charge is 2.26. The molecule has 0 radical (unpaired) electrons. The number of nitrogens with zero attached hydrogens (tertiary/aromatic N) is 4. The normalized spacial score (nSPS) is 18.6. The van der Waals surface area contributed by atoms with Crippen molar-refractivity contribution in [3.8, 4) is 5.69 Å². The summed E-state index contributed by atoms with van der Waals surface area (Å²) in [6.07, 6.45) is 3.86. The molecule has 0 bridgehead atoms. The third kappa shape index (κ3) is 3.23. The van der Waals surface area contributed by atoms with E-state index in [1.165, 1.54) is 11.8 Å². The number of halogens is 1. The van der Waals surface area contributed by atoms with Gasteiger partial charge >= 0.3 is 0 Å². The number of hydrogen-bond acceptors (Lipinski definition) is 3. The second kappa shape index (κ2) is 6.82. The van der Waals surface area contributed by atoms with Gasteiger partial charge in [0, 0.05) is 38.2 Å². The first kappa shape index (κ1) is 16.1. The zero-order valence-corrected chi connectivity index (χ0v) is 14.2. The number of benzene rings is 1. The average Bonchev–Trinajstić information content (AvgIpc) is 3.25. The number of aryl methyl sites for hydroxylation is 1. The van der Waals surface area contributed by atoms with Gasteiger partial charge in [0.05, 0.1) is 24.9 Å². The van der Waals surface area contributed by atoms with Crippen LogP contribution in [0.5, 0.6) is 0 Å². The van der Waals surface area contributed by atoms with Crippen molar-refractivity contribution in [3.05, 3.63) is 72.1 Å². The van der Waals surface area contributed by atoms with Gasteiger partial charge in [-0.25, -0.2) is 9.07 Å². The molecule has 1 fully saturated rings. The highest BCUT2D eigenvalue weighted by Crippen LogP contribution is 2.26. The van der Waals surface area contributed by atoms with Gasteiger partial charge in [-0.1, -0.05) is 12.1 Å². The summed E-state index contributed by atoms with van der Waals surface area (Å²) in [7, 11) is 2.05. The molecular formula is C19H21FN4O. The number of ether oxygens (including phenoxy) is 1. The molecule has 0 aliphatic carbocycles. The Morgan fingerprint density at radius 2 is 2.04 bits per heavy atom. The van der Waals surface area contributed by atoms with E-state index in [2.05, 4.69) is 39.9 Å². The summed E-state index contributed by atoms with van der Waals surface area (Å²) < 4.78 is 23.4. The lowest BCUT2D eigenvalue weighted by Crippen LogP contribution is -2.39. The van der Waals surface area contributed by atoms with Crippen LogP contribution in [0.25, 0.3) is 5.69 Å². The number of morpholine rings is 1. The predicted octanol–water partition coefficient (Wildman–Crippen LogP) is 2.92. The molecule has 25 heavy (non-hydrogen) atoms. The molecule has 1 saturated heterocycles. The molecule has 130 valence electrons. The first-order valence-corrected chi connectivity index (χ1v) is 8.45. The standard InChI is InChI=1S/C19H21FN4O/c1-22-9-4-7-18(22)19-14-25-12-11-23(19)13-15-8-10-24(21-15)17-6-3-2-5-16(17)20/h2-10,19H,11-14H2,1H3. The van der Waals surface area contributed by atoms with Gasteiger partial charge in [0.15, 0.2) is 0 Å². The van der Waals surface area contributed by atoms with E-state index in [1.54, 1.807) is 16.8 Å². The summed E-state index contributed by atoms with van der Waals surface area (Å²) in [5.74, 6) is -0.273. The van der Waals surface area contributed by atoms with Crippen molar-refractivity contribution in [2.45, 2.75) is 12.6 Å². The van der Waals surface area contributed by atoms with Crippen LogP contribution in [-0.2, 0) is 18.3 Å². The van der Waals surface area contributed by atoms with E-state index in [0.717, 1.165) is 18.8 Å². The molecule has 0 amide bonds. The molecule has 1 unspecified atom stereocenters. The highest BCUT2D eigenvalue weighted by atomic mass is 19.1. The summed E-state index contributed by atoms with van der Waals surface area (Å²) in [4.78, 5) is 2.37. The van der Waals surface area contributed by atoms with Crippen LogP contribution in [0.15, 0.2) is 54.9 Å². The second-order valence-corrected chi connectivity index (χ2v) is 6.31. The molecule has 0 spiro atoms. The number of aromatic nitrogens is 3. The van der Waals surface area contributed by atoms with Crippen molar-refractivity contribution in [2.75, 3.05) is 19.8 Å². The number of rotatable bonds is 4. The largest absolute Gasteiger partial charge is 0.378 e. The monoisotopic (exact) mass is 340 g/mol. The zero-order chi connectivity index (χ0) is 17.2. The third-order valence-electron chi connectivity index (χ3n) is 4.67. The zero-order valence-electron chi connectivity index (χ0n) is 14.2. The Bertz CT molecular complexity index is 856. The van der Waals surface area contributed by atoms with Gasteiger partial charge in [0.1, 0.15) is 11.5 Å². The van der Waals surface area contributed by atoms with Gasteiger partial charge < -0.3 is 9.30 Å². The maximum Gasteiger partial charge on any atom is 0.148 e. The first-order chi connectivity index (χ1) is 12.2. The summed E-state index contributed by atoms with van der Waals surface area (Å²) >= 11 is 0. The predicted molar refractivity (Wildman–Crippen MR) is 92.9 cm³/mol. The van der Waals surface area contributed by atoms with Gasteiger partial charge in [-0.05, 0) is 30.3 Å². The first-order valence-electron chi connectivity index (χ1n) is 8.45. The summed E-state index contributed by atoms with van der Waals surface area (Å²) in [5, 5.41) is 4.56. The van der Waals surface area contributed by atoms with Crippen molar-refractivity contribution in [2.24, 2.45) is 7.05 Å². The summed E-state index contributed by atoms with van der Waals surface area (Å²) in [6.45, 7) is 2.95. The van der Waals surface area contributed by atoms with Crippen LogP contribution < -0.4 is 0 Å². The molecule has 1 atom stereocenters. The minimum atomic E-state index is -0.273. The fourth-order valence-corrected chi connectivity index (χ4v) is 3.35. The lowest BCUT2D eigenvalue weighted by Gasteiger charge is -2.35. The minimum absolute atomic E-state index is 0.201. The van der Waals surface area contributed by atoms with E-state index in [-0.39, 0.29) is 11.9 Å². The Morgan fingerprint density at radius 3 is 2.84 bits per heavy atom. The molecular weight excluding hydrogens is 319 g/mol. The molecule has 2 aromatic heterocycles. The van der Waals surface area contributed by atoms with E-state index in [4.69, 9.17) is 4.74 Å². The van der Waals surface area contributed by atoms with Crippen LogP contribution >= 0.6 is 0 Å². The van der Waals surface area contributed by atoms with Crippen LogP contribution in [0.1, 0.15) is 17.4 Å². The third-order valence-corrected chi connectivity index (χ3v) is 4.67. The van der Waals surface area contributed by atoms with Crippen LogP contribution in [-0.4, -0.2) is 39.0 Å². The molecule has 3 aromatic rings. The number of para-hydroxylation sites is 1. The molecule has 1 aliphatic heterocycles. The molecule has 1 aliphatic rings. The molecule has 6 heteroatoms. The van der Waals surface area contributed by atoms with Crippen molar-refractivity contribution < 1.29 is 9.13 Å². The van der Waals surface area contributed by atoms with Crippen LogP contribution in [0.2, 0.25) is 0 Å². The van der Waals surface area contributed by atoms with Crippen LogP contribution in [0.3, 0.4) is 0 Å². The van der Waals surface area contributed by atoms with Gasteiger partial charge in [0.25, 0.3) is 0 Å². The molecule has 5 nitrogen and oxygen atoms in total. The maximum absolute atomic E-state index is 13.9. The lowest BCUT2D eigenvalue weighted by atomic mass is 10.1. The Hall–Kier alpha value is -2.44. The van der Waals surface area contributed by atoms with Gasteiger partial charge in [-0.2, -0.15) is 5.10 Å². The topological polar surface area (TPSA) is 35.2 Å². The summed E-state index contributed by atoms with van der Waals surface area (Å²) in [6, 6.07) is 13.0. The minimum Gasteiger partial charge on any atom is -0.378 e. The van der Waals surface area contributed by atoms with Crippen molar-refractivity contribution >= 4 is 0 Å². The van der Waals surface area contributed by atoms with Crippen LogP contribution in [0.4, 0.5) is 4.39 Å². The van der Waals surface area contributed by atoms with Crippen molar-refractivity contribution in [1.29, 1.82) is 0 Å². The molecule has 3 heterocycles. The van der Waals surface area contributed by atoms with Gasteiger partial charge in [-0.3, -0.25) is 4.90 Å².